The van der Waals surface area contributed by atoms with E-state index in [4.69, 9.17) is 4.74 Å². The molecule has 3 N–H and O–H groups in total. The molecule has 0 bridgehead atoms. The molecule has 6 nitrogen and oxygen atoms in total. The van der Waals surface area contributed by atoms with Crippen molar-refractivity contribution in [1.29, 1.82) is 0 Å². The van der Waals surface area contributed by atoms with Crippen LogP contribution in [0.15, 0.2) is 0 Å². The topological polar surface area (TPSA) is 95.9 Å². The lowest BCUT2D eigenvalue weighted by atomic mass is 10.0. The van der Waals surface area contributed by atoms with Crippen LogP contribution in [0.1, 0.15) is 425 Å². The van der Waals surface area contributed by atoms with Gasteiger partial charge in [0.25, 0.3) is 0 Å². The first kappa shape index (κ1) is 76.9. The molecule has 0 radical (unpaired) electrons. The molecular formula is C72H143NO5. The van der Waals surface area contributed by atoms with Crippen LogP contribution in [0, 0.1) is 0 Å². The van der Waals surface area contributed by atoms with Gasteiger partial charge in [-0.2, -0.15) is 0 Å². The molecule has 2 atom stereocenters. The number of unbranched alkanes of at least 4 members (excludes halogenated alkanes) is 58. The number of nitrogens with one attached hydrogen (secondary N) is 1. The summed E-state index contributed by atoms with van der Waals surface area (Å²) < 4.78 is 5.50. The molecule has 0 aliphatic rings. The third-order valence-electron chi connectivity index (χ3n) is 17.4. The van der Waals surface area contributed by atoms with Gasteiger partial charge in [0.2, 0.25) is 5.91 Å². The lowest BCUT2D eigenvalue weighted by molar-refractivity contribution is -0.143. The first-order valence-electron chi connectivity index (χ1n) is 36.3. The summed E-state index contributed by atoms with van der Waals surface area (Å²) in [5, 5.41) is 23.4. The van der Waals surface area contributed by atoms with Crippen molar-refractivity contribution in [3.05, 3.63) is 0 Å². The number of ether oxygens (including phenoxy) is 1. The zero-order valence-electron chi connectivity index (χ0n) is 53.4. The van der Waals surface area contributed by atoms with Crippen molar-refractivity contribution in [2.75, 3.05) is 13.2 Å². The molecule has 0 aromatic heterocycles. The number of hydrogen-bond donors (Lipinski definition) is 3. The normalized spacial score (nSPS) is 12.4. The maximum atomic E-state index is 12.5. The fourth-order valence-electron chi connectivity index (χ4n) is 11.9. The number of esters is 1. The first-order valence-corrected chi connectivity index (χ1v) is 36.3. The Morgan fingerprint density at radius 1 is 0.308 bits per heavy atom. The van der Waals surface area contributed by atoms with Gasteiger partial charge in [-0.05, 0) is 25.7 Å². The molecule has 2 unspecified atom stereocenters. The van der Waals surface area contributed by atoms with Gasteiger partial charge in [0.1, 0.15) is 0 Å². The SMILES string of the molecule is CCCCCCCCCCCCCCCCCCCCC(O)C(CO)NC(=O)CCCCCCCCCCCCCCCCCCCCCCCCCCCCCCCOC(=O)CCCCCCCCCCCCCCCC. The van der Waals surface area contributed by atoms with Crippen molar-refractivity contribution in [2.24, 2.45) is 0 Å². The average Bonchev–Trinajstić information content (AvgIpc) is 3.44. The number of carbonyl (C=O) groups is 2. The van der Waals surface area contributed by atoms with Crippen LogP contribution in [0.5, 0.6) is 0 Å². The number of aliphatic hydroxyl groups is 2. The summed E-state index contributed by atoms with van der Waals surface area (Å²) >= 11 is 0. The van der Waals surface area contributed by atoms with Crippen LogP contribution >= 0.6 is 0 Å². The molecule has 0 aliphatic heterocycles. The largest absolute Gasteiger partial charge is 0.466 e. The van der Waals surface area contributed by atoms with Gasteiger partial charge in [0.15, 0.2) is 0 Å². The van der Waals surface area contributed by atoms with Crippen molar-refractivity contribution in [3.63, 3.8) is 0 Å². The van der Waals surface area contributed by atoms with E-state index in [9.17, 15) is 19.8 Å². The molecule has 0 rings (SSSR count). The van der Waals surface area contributed by atoms with Gasteiger partial charge in [-0.1, -0.05) is 386 Å². The molecule has 0 spiro atoms. The summed E-state index contributed by atoms with van der Waals surface area (Å²) in [4.78, 5) is 24.6. The molecule has 0 aliphatic carbocycles. The highest BCUT2D eigenvalue weighted by atomic mass is 16.5. The van der Waals surface area contributed by atoms with E-state index in [0.29, 0.717) is 25.9 Å². The van der Waals surface area contributed by atoms with E-state index in [2.05, 4.69) is 19.2 Å². The molecule has 6 heteroatoms. The highest BCUT2D eigenvalue weighted by Gasteiger charge is 2.20. The Kier molecular flexibility index (Phi) is 67.4. The number of aliphatic hydroxyl groups excluding tert-OH is 2. The lowest BCUT2D eigenvalue weighted by Crippen LogP contribution is -2.45. The van der Waals surface area contributed by atoms with Crippen LogP contribution in [-0.2, 0) is 14.3 Å². The molecule has 0 aromatic rings. The molecule has 78 heavy (non-hydrogen) atoms. The molecule has 0 heterocycles. The maximum Gasteiger partial charge on any atom is 0.305 e. The van der Waals surface area contributed by atoms with Crippen LogP contribution in [0.2, 0.25) is 0 Å². The van der Waals surface area contributed by atoms with Crippen LogP contribution in [0.4, 0.5) is 0 Å². The van der Waals surface area contributed by atoms with E-state index in [1.807, 2.05) is 0 Å². The summed E-state index contributed by atoms with van der Waals surface area (Å²) in [5.41, 5.74) is 0. The van der Waals surface area contributed by atoms with Gasteiger partial charge in [0, 0.05) is 12.8 Å². The van der Waals surface area contributed by atoms with Gasteiger partial charge in [-0.15, -0.1) is 0 Å². The number of amides is 1. The molecule has 0 fully saturated rings. The van der Waals surface area contributed by atoms with E-state index in [0.717, 1.165) is 38.5 Å². The maximum absolute atomic E-state index is 12.5. The van der Waals surface area contributed by atoms with Crippen molar-refractivity contribution in [2.45, 2.75) is 437 Å². The minimum Gasteiger partial charge on any atom is -0.466 e. The molecule has 466 valence electrons. The predicted octanol–water partition coefficient (Wildman–Crippen LogP) is 23.4. The Morgan fingerprint density at radius 2 is 0.526 bits per heavy atom. The van der Waals surface area contributed by atoms with E-state index in [1.54, 1.807) is 0 Å². The number of rotatable bonds is 69. The van der Waals surface area contributed by atoms with Gasteiger partial charge in [0.05, 0.1) is 25.4 Å². The third kappa shape index (κ3) is 64.0. The van der Waals surface area contributed by atoms with Crippen LogP contribution in [-0.4, -0.2) is 47.4 Å². The Morgan fingerprint density at radius 3 is 0.782 bits per heavy atom. The minimum absolute atomic E-state index is 0.0231. The first-order chi connectivity index (χ1) is 38.5. The highest BCUT2D eigenvalue weighted by Crippen LogP contribution is 2.20. The molecule has 0 saturated heterocycles. The quantitative estimate of drug-likeness (QED) is 0.0417. The van der Waals surface area contributed by atoms with E-state index in [-0.39, 0.29) is 18.5 Å². The van der Waals surface area contributed by atoms with Crippen LogP contribution < -0.4 is 5.32 Å². The third-order valence-corrected chi connectivity index (χ3v) is 17.4. The Balaban J connectivity index is 3.32. The molecule has 0 saturated carbocycles. The highest BCUT2D eigenvalue weighted by molar-refractivity contribution is 5.76. The van der Waals surface area contributed by atoms with Crippen molar-refractivity contribution < 1.29 is 24.5 Å². The van der Waals surface area contributed by atoms with Crippen molar-refractivity contribution >= 4 is 11.9 Å². The summed E-state index contributed by atoms with van der Waals surface area (Å²) in [6.45, 7) is 5.01. The second-order valence-electron chi connectivity index (χ2n) is 25.3. The summed E-state index contributed by atoms with van der Waals surface area (Å²) in [5.74, 6) is -0.00344. The van der Waals surface area contributed by atoms with Crippen molar-refractivity contribution in [3.8, 4) is 0 Å². The Hall–Kier alpha value is -1.14. The fraction of sp³-hybridized carbons (Fsp3) is 0.972. The minimum atomic E-state index is -0.661. The van der Waals surface area contributed by atoms with E-state index in [1.165, 1.54) is 353 Å². The number of carbonyl (C=O) groups excluding carboxylic acids is 2. The van der Waals surface area contributed by atoms with Crippen LogP contribution in [0.25, 0.3) is 0 Å². The summed E-state index contributed by atoms with van der Waals surface area (Å²) in [6.07, 6.45) is 83.0. The monoisotopic (exact) mass is 1100 g/mol. The van der Waals surface area contributed by atoms with Gasteiger partial charge < -0.3 is 20.3 Å². The predicted molar refractivity (Wildman–Crippen MR) is 343 cm³/mol. The Bertz CT molecular complexity index is 1130. The zero-order valence-corrected chi connectivity index (χ0v) is 53.4. The summed E-state index contributed by atoms with van der Waals surface area (Å²) in [7, 11) is 0. The average molecular weight is 1100 g/mol. The second-order valence-corrected chi connectivity index (χ2v) is 25.3. The molecule has 0 aromatic carbocycles. The molecule has 1 amide bonds. The summed E-state index contributed by atoms with van der Waals surface area (Å²) in [6, 6.07) is -0.538. The zero-order chi connectivity index (χ0) is 56.4. The standard InChI is InChI=1S/C72H143NO5/c1-3-5-7-9-11-13-15-17-19-20-34-37-40-44-48-52-56-60-64-70(75)69(68-74)73-71(76)65-61-57-53-49-45-41-38-35-32-30-28-26-24-22-21-23-25-27-29-31-33-36-39-43-47-51-55-59-63-67-78-72(77)66-62-58-54-50-46-42-18-16-14-12-10-8-6-4-2/h69-70,74-75H,3-68H2,1-2H3,(H,73,76). The van der Waals surface area contributed by atoms with E-state index < -0.39 is 12.1 Å². The second kappa shape index (κ2) is 68.4. The fourth-order valence-corrected chi connectivity index (χ4v) is 11.9. The Labute approximate surface area is 489 Å². The lowest BCUT2D eigenvalue weighted by Gasteiger charge is -2.22. The molecular weight excluding hydrogens is 959 g/mol. The van der Waals surface area contributed by atoms with Gasteiger partial charge in [-0.25, -0.2) is 0 Å². The van der Waals surface area contributed by atoms with Gasteiger partial charge >= 0.3 is 5.97 Å². The van der Waals surface area contributed by atoms with Gasteiger partial charge in [-0.3, -0.25) is 9.59 Å². The van der Waals surface area contributed by atoms with Crippen molar-refractivity contribution in [1.82, 2.24) is 5.32 Å². The number of hydrogen-bond acceptors (Lipinski definition) is 5. The van der Waals surface area contributed by atoms with E-state index >= 15 is 0 Å². The smallest absolute Gasteiger partial charge is 0.305 e. The van der Waals surface area contributed by atoms with Crippen LogP contribution in [0.3, 0.4) is 0 Å².